The van der Waals surface area contributed by atoms with Crippen LogP contribution in [0.2, 0.25) is 0 Å². The van der Waals surface area contributed by atoms with E-state index in [2.05, 4.69) is 22.2 Å². The van der Waals surface area contributed by atoms with Gasteiger partial charge >= 0.3 is 0 Å². The average molecular weight is 237 g/mol. The summed E-state index contributed by atoms with van der Waals surface area (Å²) in [7, 11) is 0. The van der Waals surface area contributed by atoms with Crippen LogP contribution in [-0.4, -0.2) is 35.8 Å². The highest BCUT2D eigenvalue weighted by molar-refractivity contribution is 5.32. The van der Waals surface area contributed by atoms with Crippen LogP contribution < -0.4 is 10.1 Å². The summed E-state index contributed by atoms with van der Waals surface area (Å²) in [4.78, 5) is 8.59. The maximum atomic E-state index is 5.81. The summed E-state index contributed by atoms with van der Waals surface area (Å²) in [6.07, 6.45) is 3.89. The summed E-state index contributed by atoms with van der Waals surface area (Å²) in [5, 5.41) is 3.15. The van der Waals surface area contributed by atoms with Crippen LogP contribution in [0.3, 0.4) is 0 Å². The number of nitrogens with one attached hydrogen (secondary N) is 1. The molecule has 0 radical (unpaired) electrons. The molecule has 94 valence electrons. The Morgan fingerprint density at radius 3 is 3.18 bits per heavy atom. The number of aromatic nitrogens is 2. The van der Waals surface area contributed by atoms with Crippen molar-refractivity contribution in [1.29, 1.82) is 0 Å². The Hall–Kier alpha value is -1.36. The van der Waals surface area contributed by atoms with Crippen molar-refractivity contribution in [2.75, 3.05) is 25.1 Å². The van der Waals surface area contributed by atoms with E-state index in [-0.39, 0.29) is 6.10 Å². The highest BCUT2D eigenvalue weighted by Gasteiger charge is 2.19. The van der Waals surface area contributed by atoms with Gasteiger partial charge in [-0.1, -0.05) is 6.92 Å². The lowest BCUT2D eigenvalue weighted by Gasteiger charge is -2.13. The molecule has 1 atom stereocenters. The summed E-state index contributed by atoms with van der Waals surface area (Å²) in [6.45, 7) is 6.36. The molecule has 2 rings (SSSR count). The fraction of sp³-hybridized carbons (Fsp3) is 0.667. The first-order valence-corrected chi connectivity index (χ1v) is 6.11. The van der Waals surface area contributed by atoms with Gasteiger partial charge in [0.05, 0.1) is 13.2 Å². The van der Waals surface area contributed by atoms with Crippen molar-refractivity contribution in [2.45, 2.75) is 32.8 Å². The third-order valence-electron chi connectivity index (χ3n) is 2.62. The first kappa shape index (κ1) is 12.1. The fourth-order valence-corrected chi connectivity index (χ4v) is 1.63. The standard InChI is InChI=1S/C12H19N3O2/c1-3-5-13-12-14-7-9(2)11(15-12)17-10-4-6-16-8-10/h7,10H,3-6,8H2,1-2H3,(H,13,14,15). The molecule has 0 spiro atoms. The molecule has 0 bridgehead atoms. The van der Waals surface area contributed by atoms with Gasteiger partial charge in [0.1, 0.15) is 6.10 Å². The predicted molar refractivity (Wildman–Crippen MR) is 65.4 cm³/mol. The van der Waals surface area contributed by atoms with E-state index in [9.17, 15) is 0 Å². The lowest BCUT2D eigenvalue weighted by Crippen LogP contribution is -2.18. The molecule has 0 aromatic carbocycles. The third-order valence-corrected chi connectivity index (χ3v) is 2.62. The van der Waals surface area contributed by atoms with E-state index in [0.717, 1.165) is 31.6 Å². The highest BCUT2D eigenvalue weighted by atomic mass is 16.5. The number of aryl methyl sites for hydroxylation is 1. The van der Waals surface area contributed by atoms with Crippen molar-refractivity contribution >= 4 is 5.95 Å². The molecule has 1 aliphatic rings. The van der Waals surface area contributed by atoms with Gasteiger partial charge in [-0.05, 0) is 13.3 Å². The first-order chi connectivity index (χ1) is 8.29. The first-order valence-electron chi connectivity index (χ1n) is 6.11. The van der Waals surface area contributed by atoms with Crippen molar-refractivity contribution < 1.29 is 9.47 Å². The Balaban J connectivity index is 2.03. The Kier molecular flexibility index (Phi) is 4.14. The zero-order valence-corrected chi connectivity index (χ0v) is 10.4. The maximum Gasteiger partial charge on any atom is 0.225 e. The van der Waals surface area contributed by atoms with Gasteiger partial charge in [-0.25, -0.2) is 4.98 Å². The van der Waals surface area contributed by atoms with E-state index in [0.29, 0.717) is 18.4 Å². The number of rotatable bonds is 5. The zero-order valence-electron chi connectivity index (χ0n) is 10.4. The number of anilines is 1. The lowest BCUT2D eigenvalue weighted by molar-refractivity contribution is 0.137. The predicted octanol–water partition coefficient (Wildman–Crippen LogP) is 1.77. The second-order valence-corrected chi connectivity index (χ2v) is 4.21. The molecule has 1 aromatic heterocycles. The minimum Gasteiger partial charge on any atom is -0.471 e. The van der Waals surface area contributed by atoms with Gasteiger partial charge in [0.25, 0.3) is 0 Å². The molecule has 1 N–H and O–H groups in total. The monoisotopic (exact) mass is 237 g/mol. The van der Waals surface area contributed by atoms with E-state index in [1.165, 1.54) is 0 Å². The second-order valence-electron chi connectivity index (χ2n) is 4.21. The molecule has 5 heteroatoms. The minimum atomic E-state index is 0.127. The summed E-state index contributed by atoms with van der Waals surface area (Å²) in [6, 6.07) is 0. The topological polar surface area (TPSA) is 56.3 Å². The summed E-state index contributed by atoms with van der Waals surface area (Å²) in [5.41, 5.74) is 0.957. The van der Waals surface area contributed by atoms with Gasteiger partial charge in [0.15, 0.2) is 0 Å². The van der Waals surface area contributed by atoms with E-state index in [1.807, 2.05) is 6.92 Å². The van der Waals surface area contributed by atoms with Crippen LogP contribution in [0.15, 0.2) is 6.20 Å². The SMILES string of the molecule is CCCNc1ncc(C)c(OC2CCOC2)n1. The summed E-state index contributed by atoms with van der Waals surface area (Å²) < 4.78 is 11.1. The summed E-state index contributed by atoms with van der Waals surface area (Å²) in [5.74, 6) is 1.29. The Labute approximate surface area is 102 Å². The molecule has 5 nitrogen and oxygen atoms in total. The van der Waals surface area contributed by atoms with Crippen molar-refractivity contribution in [3.63, 3.8) is 0 Å². The van der Waals surface area contributed by atoms with E-state index < -0.39 is 0 Å². The molecule has 2 heterocycles. The number of hydrogen-bond acceptors (Lipinski definition) is 5. The fourth-order valence-electron chi connectivity index (χ4n) is 1.63. The van der Waals surface area contributed by atoms with E-state index >= 15 is 0 Å². The van der Waals surface area contributed by atoms with Crippen LogP contribution >= 0.6 is 0 Å². The van der Waals surface area contributed by atoms with E-state index in [4.69, 9.17) is 9.47 Å². The minimum absolute atomic E-state index is 0.127. The molecular weight excluding hydrogens is 218 g/mol. The molecule has 0 amide bonds. The Bertz CT molecular complexity index is 365. The molecule has 1 saturated heterocycles. The Morgan fingerprint density at radius 2 is 2.47 bits per heavy atom. The molecule has 1 unspecified atom stereocenters. The van der Waals surface area contributed by atoms with Gasteiger partial charge in [-0.2, -0.15) is 4.98 Å². The average Bonchev–Trinajstić information content (AvgIpc) is 2.83. The van der Waals surface area contributed by atoms with Gasteiger partial charge < -0.3 is 14.8 Å². The quantitative estimate of drug-likeness (QED) is 0.846. The summed E-state index contributed by atoms with van der Waals surface area (Å²) >= 11 is 0. The maximum absolute atomic E-state index is 5.81. The molecular formula is C12H19N3O2. The largest absolute Gasteiger partial charge is 0.471 e. The van der Waals surface area contributed by atoms with Crippen molar-refractivity contribution in [2.24, 2.45) is 0 Å². The molecule has 1 fully saturated rings. The molecule has 0 aliphatic carbocycles. The van der Waals surface area contributed by atoms with Gasteiger partial charge in [-0.3, -0.25) is 0 Å². The zero-order chi connectivity index (χ0) is 12.1. The number of nitrogens with zero attached hydrogens (tertiary/aromatic N) is 2. The molecule has 0 saturated carbocycles. The molecule has 1 aliphatic heterocycles. The van der Waals surface area contributed by atoms with Crippen LogP contribution in [-0.2, 0) is 4.74 Å². The third kappa shape index (κ3) is 3.30. The van der Waals surface area contributed by atoms with Crippen LogP contribution in [0, 0.1) is 6.92 Å². The van der Waals surface area contributed by atoms with Crippen molar-refractivity contribution in [3.05, 3.63) is 11.8 Å². The van der Waals surface area contributed by atoms with Gasteiger partial charge in [0, 0.05) is 24.7 Å². The number of hydrogen-bond donors (Lipinski definition) is 1. The van der Waals surface area contributed by atoms with Crippen LogP contribution in [0.25, 0.3) is 0 Å². The smallest absolute Gasteiger partial charge is 0.225 e. The molecule has 1 aromatic rings. The molecule has 17 heavy (non-hydrogen) atoms. The van der Waals surface area contributed by atoms with Crippen LogP contribution in [0.4, 0.5) is 5.95 Å². The lowest BCUT2D eigenvalue weighted by atomic mass is 10.3. The number of ether oxygens (including phenoxy) is 2. The van der Waals surface area contributed by atoms with Gasteiger partial charge in [-0.15, -0.1) is 0 Å². The van der Waals surface area contributed by atoms with Crippen molar-refractivity contribution in [1.82, 2.24) is 9.97 Å². The normalized spacial score (nSPS) is 19.3. The van der Waals surface area contributed by atoms with E-state index in [1.54, 1.807) is 6.20 Å². The van der Waals surface area contributed by atoms with Crippen molar-refractivity contribution in [3.8, 4) is 5.88 Å². The highest BCUT2D eigenvalue weighted by Crippen LogP contribution is 2.19. The Morgan fingerprint density at radius 1 is 1.59 bits per heavy atom. The van der Waals surface area contributed by atoms with Gasteiger partial charge in [0.2, 0.25) is 11.8 Å². The van der Waals surface area contributed by atoms with Crippen LogP contribution in [0.1, 0.15) is 25.3 Å². The second kappa shape index (κ2) is 5.82. The van der Waals surface area contributed by atoms with Crippen LogP contribution in [0.5, 0.6) is 5.88 Å².